The zero-order chi connectivity index (χ0) is 15.6. The van der Waals surface area contributed by atoms with Crippen molar-refractivity contribution >= 4 is 51.6 Å². The first kappa shape index (κ1) is 16.7. The predicted octanol–water partition coefficient (Wildman–Crippen LogP) is 4.86. The zero-order valence-electron chi connectivity index (χ0n) is 10.3. The highest BCUT2D eigenvalue weighted by Crippen LogP contribution is 2.37. The zero-order valence-corrected chi connectivity index (χ0v) is 15.1. The van der Waals surface area contributed by atoms with E-state index in [0.29, 0.717) is 14.7 Å². The van der Waals surface area contributed by atoms with Gasteiger partial charge in [0, 0.05) is 10.7 Å². The molecule has 21 heavy (non-hydrogen) atoms. The van der Waals surface area contributed by atoms with Crippen molar-refractivity contribution in [1.29, 1.82) is 0 Å². The maximum absolute atomic E-state index is 12.8. The molecule has 112 valence electrons. The van der Waals surface area contributed by atoms with Crippen molar-refractivity contribution in [2.75, 3.05) is 0 Å². The molecule has 3 nitrogen and oxygen atoms in total. The van der Waals surface area contributed by atoms with Crippen molar-refractivity contribution in [3.63, 3.8) is 0 Å². The second kappa shape index (κ2) is 6.64. The number of benzene rings is 2. The lowest BCUT2D eigenvalue weighted by molar-refractivity contribution is 0.302. The first-order chi connectivity index (χ1) is 9.77. The van der Waals surface area contributed by atoms with Gasteiger partial charge in [-0.15, -0.1) is 0 Å². The molecule has 0 radical (unpaired) electrons. The summed E-state index contributed by atoms with van der Waals surface area (Å²) in [5.41, 5.74) is 0.782. The van der Waals surface area contributed by atoms with Gasteiger partial charge in [0.1, 0.15) is 18.2 Å². The molecule has 2 aromatic carbocycles. The number of halogens is 4. The Bertz CT molecular complexity index is 740. The topological polar surface area (TPSA) is 43.4 Å². The molecular weight excluding hydrogens is 450 g/mol. The predicted molar refractivity (Wildman–Crippen MR) is 85.6 cm³/mol. The van der Waals surface area contributed by atoms with Crippen molar-refractivity contribution < 1.29 is 17.5 Å². The SMILES string of the molecule is O=S(=O)(Cl)c1cc(Br)c(OCc2ccc(F)cc2)c(Br)c1. The summed E-state index contributed by atoms with van der Waals surface area (Å²) in [5.74, 6) is 0.112. The third-order valence-electron chi connectivity index (χ3n) is 2.55. The molecule has 0 heterocycles. The third-order valence-corrected chi connectivity index (χ3v) is 5.06. The Labute approximate surface area is 142 Å². The smallest absolute Gasteiger partial charge is 0.261 e. The Hall–Kier alpha value is -0.630. The van der Waals surface area contributed by atoms with E-state index in [1.54, 1.807) is 12.1 Å². The van der Waals surface area contributed by atoms with E-state index < -0.39 is 9.05 Å². The number of hydrogen-bond donors (Lipinski definition) is 0. The summed E-state index contributed by atoms with van der Waals surface area (Å²) in [6, 6.07) is 8.60. The molecule has 0 saturated heterocycles. The van der Waals surface area contributed by atoms with Gasteiger partial charge in [-0.05, 0) is 61.7 Å². The van der Waals surface area contributed by atoms with Crippen LogP contribution in [-0.2, 0) is 15.7 Å². The van der Waals surface area contributed by atoms with E-state index in [1.165, 1.54) is 24.3 Å². The van der Waals surface area contributed by atoms with E-state index in [0.717, 1.165) is 5.56 Å². The number of ether oxygens (including phenoxy) is 1. The van der Waals surface area contributed by atoms with Crippen LogP contribution in [0, 0.1) is 5.82 Å². The van der Waals surface area contributed by atoms with Crippen molar-refractivity contribution in [2.24, 2.45) is 0 Å². The van der Waals surface area contributed by atoms with Gasteiger partial charge in [-0.2, -0.15) is 0 Å². The maximum Gasteiger partial charge on any atom is 0.261 e. The van der Waals surface area contributed by atoms with Crippen LogP contribution in [0.25, 0.3) is 0 Å². The van der Waals surface area contributed by atoms with Crippen LogP contribution in [0.2, 0.25) is 0 Å². The average molecular weight is 459 g/mol. The lowest BCUT2D eigenvalue weighted by atomic mass is 10.2. The normalized spacial score (nSPS) is 11.4. The second-order valence-electron chi connectivity index (χ2n) is 4.07. The van der Waals surface area contributed by atoms with Crippen molar-refractivity contribution in [1.82, 2.24) is 0 Å². The molecule has 0 aromatic heterocycles. The van der Waals surface area contributed by atoms with Gasteiger partial charge in [0.15, 0.2) is 0 Å². The molecular formula is C13H8Br2ClFO3S. The standard InChI is InChI=1S/C13H8Br2ClFO3S/c14-11-5-10(21(16,18)19)6-12(15)13(11)20-7-8-1-3-9(17)4-2-8/h1-6H,7H2. The van der Waals surface area contributed by atoms with Crippen LogP contribution in [0.4, 0.5) is 4.39 Å². The van der Waals surface area contributed by atoms with Gasteiger partial charge in [-0.25, -0.2) is 12.8 Å². The van der Waals surface area contributed by atoms with Crippen LogP contribution in [0.1, 0.15) is 5.56 Å². The Kier molecular flexibility index (Phi) is 5.29. The summed E-state index contributed by atoms with van der Waals surface area (Å²) in [6.07, 6.45) is 0. The summed E-state index contributed by atoms with van der Waals surface area (Å²) in [6.45, 7) is 0.213. The molecule has 0 saturated carbocycles. The van der Waals surface area contributed by atoms with Crippen LogP contribution in [-0.4, -0.2) is 8.42 Å². The molecule has 8 heteroatoms. The highest BCUT2D eigenvalue weighted by Gasteiger charge is 2.16. The third kappa shape index (κ3) is 4.42. The van der Waals surface area contributed by atoms with E-state index in [2.05, 4.69) is 31.9 Å². The van der Waals surface area contributed by atoms with E-state index in [4.69, 9.17) is 15.4 Å². The molecule has 0 spiro atoms. The lowest BCUT2D eigenvalue weighted by Gasteiger charge is -2.11. The fourth-order valence-corrected chi connectivity index (χ4v) is 4.05. The summed E-state index contributed by atoms with van der Waals surface area (Å²) in [4.78, 5) is -0.0444. The van der Waals surface area contributed by atoms with Crippen LogP contribution < -0.4 is 4.74 Å². The summed E-state index contributed by atoms with van der Waals surface area (Å²) in [7, 11) is 1.48. The lowest BCUT2D eigenvalue weighted by Crippen LogP contribution is -1.99. The molecule has 0 N–H and O–H groups in total. The second-order valence-corrected chi connectivity index (χ2v) is 8.34. The van der Waals surface area contributed by atoms with Gasteiger partial charge >= 0.3 is 0 Å². The largest absolute Gasteiger partial charge is 0.487 e. The molecule has 0 aliphatic rings. The van der Waals surface area contributed by atoms with Gasteiger partial charge < -0.3 is 4.74 Å². The quantitative estimate of drug-likeness (QED) is 0.615. The molecule has 0 aliphatic carbocycles. The van der Waals surface area contributed by atoms with Crippen molar-refractivity contribution in [2.45, 2.75) is 11.5 Å². The summed E-state index contributed by atoms with van der Waals surface area (Å²) >= 11 is 6.48. The summed E-state index contributed by atoms with van der Waals surface area (Å²) < 4.78 is 41.9. The molecule has 0 amide bonds. The summed E-state index contributed by atoms with van der Waals surface area (Å²) in [5, 5.41) is 0. The van der Waals surface area contributed by atoms with Gasteiger partial charge in [-0.3, -0.25) is 0 Å². The minimum atomic E-state index is -3.82. The highest BCUT2D eigenvalue weighted by atomic mass is 79.9. The molecule has 0 unspecified atom stereocenters. The van der Waals surface area contributed by atoms with Gasteiger partial charge in [-0.1, -0.05) is 12.1 Å². The first-order valence-corrected chi connectivity index (χ1v) is 9.48. The Morgan fingerprint density at radius 3 is 2.10 bits per heavy atom. The monoisotopic (exact) mass is 456 g/mol. The van der Waals surface area contributed by atoms with E-state index >= 15 is 0 Å². The molecule has 0 atom stereocenters. The maximum atomic E-state index is 12.8. The van der Waals surface area contributed by atoms with Gasteiger partial charge in [0.2, 0.25) is 0 Å². The Morgan fingerprint density at radius 1 is 1.10 bits per heavy atom. The molecule has 0 bridgehead atoms. The van der Waals surface area contributed by atoms with Crippen molar-refractivity contribution in [3.8, 4) is 5.75 Å². The molecule has 2 aromatic rings. The average Bonchev–Trinajstić information content (AvgIpc) is 2.38. The Morgan fingerprint density at radius 2 is 1.62 bits per heavy atom. The van der Waals surface area contributed by atoms with Gasteiger partial charge in [0.05, 0.1) is 13.8 Å². The van der Waals surface area contributed by atoms with Gasteiger partial charge in [0.25, 0.3) is 9.05 Å². The highest BCUT2D eigenvalue weighted by molar-refractivity contribution is 9.11. The van der Waals surface area contributed by atoms with Crippen LogP contribution in [0.5, 0.6) is 5.75 Å². The molecule has 0 fully saturated rings. The van der Waals surface area contributed by atoms with Crippen LogP contribution >= 0.6 is 42.5 Å². The van der Waals surface area contributed by atoms with Crippen LogP contribution in [0.15, 0.2) is 50.2 Å². The minimum Gasteiger partial charge on any atom is -0.487 e. The van der Waals surface area contributed by atoms with E-state index in [-0.39, 0.29) is 17.3 Å². The van der Waals surface area contributed by atoms with E-state index in [9.17, 15) is 12.8 Å². The Balaban J connectivity index is 2.23. The molecule has 0 aliphatic heterocycles. The first-order valence-electron chi connectivity index (χ1n) is 5.58. The number of hydrogen-bond acceptors (Lipinski definition) is 3. The van der Waals surface area contributed by atoms with Crippen LogP contribution in [0.3, 0.4) is 0 Å². The number of rotatable bonds is 4. The van der Waals surface area contributed by atoms with E-state index in [1.807, 2.05) is 0 Å². The fourth-order valence-electron chi connectivity index (χ4n) is 1.55. The fraction of sp³-hybridized carbons (Fsp3) is 0.0769. The molecule has 2 rings (SSSR count). The minimum absolute atomic E-state index is 0.0444. The van der Waals surface area contributed by atoms with Crippen molar-refractivity contribution in [3.05, 3.63) is 56.7 Å².